The number of unbranched alkanes of at least 4 members (excludes halogenated alkanes) is 1. The molecule has 154 valence electrons. The summed E-state index contributed by atoms with van der Waals surface area (Å²) in [6, 6.07) is 1.42. The fourth-order valence-corrected chi connectivity index (χ4v) is 3.27. The molecule has 29 heavy (non-hydrogen) atoms. The van der Waals surface area contributed by atoms with E-state index < -0.39 is 23.7 Å². The van der Waals surface area contributed by atoms with Crippen LogP contribution >= 0.6 is 0 Å². The minimum atomic E-state index is -0.801. The van der Waals surface area contributed by atoms with Gasteiger partial charge in [-0.25, -0.2) is 9.45 Å². The van der Waals surface area contributed by atoms with Crippen molar-refractivity contribution in [2.24, 2.45) is 10.9 Å². The van der Waals surface area contributed by atoms with Crippen molar-refractivity contribution in [2.45, 2.75) is 45.1 Å². The molecule has 0 bridgehead atoms. The van der Waals surface area contributed by atoms with Crippen molar-refractivity contribution in [2.75, 3.05) is 13.1 Å². The molecule has 1 aliphatic rings. The molecule has 0 spiro atoms. The van der Waals surface area contributed by atoms with Gasteiger partial charge in [0.1, 0.15) is 11.9 Å². The zero-order valence-corrected chi connectivity index (χ0v) is 19.4. The molecule has 1 fully saturated rings. The van der Waals surface area contributed by atoms with E-state index >= 15 is 0 Å². The quantitative estimate of drug-likeness (QED) is 0.196. The number of likely N-dealkylation sites (tertiary alicyclic amines) is 1. The number of carbonyl (C=O) groups excluding carboxylic acids is 3. The molecule has 3 amide bonds. The Morgan fingerprint density at radius 3 is 2.79 bits per heavy atom. The maximum atomic E-state index is 13.1. The summed E-state index contributed by atoms with van der Waals surface area (Å²) in [6.45, 7) is 2.18. The van der Waals surface area contributed by atoms with Gasteiger partial charge in [0.05, 0.1) is 18.7 Å². The Hall–Kier alpha value is -2.13. The molecule has 2 N–H and O–H groups in total. The number of carbonyl (C=O) groups is 3. The number of hydroxylamine groups is 2. The van der Waals surface area contributed by atoms with Crippen LogP contribution in [-0.2, 0) is 33.9 Å². The molecule has 0 radical (unpaired) electrons. The first-order valence-electron chi connectivity index (χ1n) is 9.24. The Balaban J connectivity index is 0.00000420. The number of rotatable bonds is 8. The number of pyridine rings is 1. The van der Waals surface area contributed by atoms with Crippen LogP contribution in [0.4, 0.5) is 4.39 Å². The van der Waals surface area contributed by atoms with Crippen molar-refractivity contribution in [3.63, 3.8) is 0 Å². The summed E-state index contributed by atoms with van der Waals surface area (Å²) in [5.74, 6) is -2.26. The number of hydrogen-bond acceptors (Lipinski definition) is 5. The minimum Gasteiger partial charge on any atom is -0.427 e. The van der Waals surface area contributed by atoms with Crippen LogP contribution in [0.15, 0.2) is 23.3 Å². The maximum absolute atomic E-state index is 13.1. The van der Waals surface area contributed by atoms with Crippen LogP contribution in [0.1, 0.15) is 39.0 Å². The molecule has 9 nitrogen and oxygen atoms in total. The fourth-order valence-electron chi connectivity index (χ4n) is 3.27. The second-order valence-corrected chi connectivity index (χ2v) is 6.76. The van der Waals surface area contributed by atoms with Crippen LogP contribution < -0.4 is 5.49 Å². The van der Waals surface area contributed by atoms with Crippen molar-refractivity contribution in [3.8, 4) is 0 Å². The van der Waals surface area contributed by atoms with Gasteiger partial charge in [0.2, 0.25) is 12.3 Å². The third-order valence-corrected chi connectivity index (χ3v) is 4.70. The number of aromatic nitrogens is 1. The molecule has 1 aliphatic heterocycles. The second kappa shape index (κ2) is 11.8. The average Bonchev–Trinajstić information content (AvgIpc) is 3.16. The summed E-state index contributed by atoms with van der Waals surface area (Å²) in [7, 11) is 0. The Morgan fingerprint density at radius 1 is 1.45 bits per heavy atom. The van der Waals surface area contributed by atoms with E-state index in [1.54, 1.807) is 0 Å². The predicted molar refractivity (Wildman–Crippen MR) is 94.5 cm³/mol. The molecule has 0 saturated carbocycles. The molecule has 11 heteroatoms. The van der Waals surface area contributed by atoms with Gasteiger partial charge in [-0.3, -0.25) is 19.6 Å². The van der Waals surface area contributed by atoms with Crippen molar-refractivity contribution in [3.05, 3.63) is 29.6 Å². The summed E-state index contributed by atoms with van der Waals surface area (Å²) < 4.78 is 13.5. The number of amides is 3. The van der Waals surface area contributed by atoms with Crippen molar-refractivity contribution >= 4 is 18.2 Å². The summed E-state index contributed by atoms with van der Waals surface area (Å²) in [5, 5.41) is 19.6. The summed E-state index contributed by atoms with van der Waals surface area (Å²) in [6.07, 6.45) is 4.09. The first-order valence-corrected chi connectivity index (χ1v) is 9.24. The predicted octanol–water partition coefficient (Wildman–Crippen LogP) is 0.934. The molecule has 0 aromatic carbocycles. The number of hydrogen-bond donors (Lipinski definition) is 2. The standard InChI is InChI=1S/C18H25FN4O5.Zn/c1-2-3-5-13(10-21(27)12-24)18(26)22-9-4-6-15(22)17(25)20-16-8-7-14(19)11-23(16)28;/h7-8,11-13,15,27-28H,2-6,9-10H2,1H3;/q;+2/t13-,15+;/m1./s1. The molecular weight excluding hydrogens is 437 g/mol. The van der Waals surface area contributed by atoms with Gasteiger partial charge in [0.25, 0.3) is 5.91 Å². The van der Waals surface area contributed by atoms with Crippen molar-refractivity contribution < 1.29 is 48.7 Å². The molecule has 2 atom stereocenters. The second-order valence-electron chi connectivity index (χ2n) is 6.76. The van der Waals surface area contributed by atoms with Gasteiger partial charge in [0.15, 0.2) is 5.49 Å². The molecule has 1 aromatic heterocycles. The van der Waals surface area contributed by atoms with E-state index in [0.717, 1.165) is 31.2 Å². The van der Waals surface area contributed by atoms with Gasteiger partial charge in [-0.2, -0.15) is 9.72 Å². The molecule has 2 rings (SSSR count). The van der Waals surface area contributed by atoms with E-state index in [0.29, 0.717) is 35.6 Å². The Labute approximate surface area is 180 Å². The van der Waals surface area contributed by atoms with Gasteiger partial charge >= 0.3 is 19.5 Å². The molecule has 0 aliphatic carbocycles. The summed E-state index contributed by atoms with van der Waals surface area (Å²) in [4.78, 5) is 41.5. The zero-order chi connectivity index (χ0) is 20.7. The van der Waals surface area contributed by atoms with Crippen LogP contribution in [0.3, 0.4) is 0 Å². The zero-order valence-electron chi connectivity index (χ0n) is 16.4. The first-order chi connectivity index (χ1) is 13.4. The van der Waals surface area contributed by atoms with Crippen molar-refractivity contribution in [1.82, 2.24) is 14.7 Å². The first kappa shape index (κ1) is 24.9. The average molecular weight is 462 g/mol. The van der Waals surface area contributed by atoms with Gasteiger partial charge in [-0.15, -0.1) is 0 Å². The van der Waals surface area contributed by atoms with Gasteiger partial charge in [-0.1, -0.05) is 19.8 Å². The number of halogens is 1. The van der Waals surface area contributed by atoms with E-state index in [2.05, 4.69) is 4.99 Å². The molecule has 1 aromatic rings. The maximum Gasteiger partial charge on any atom is 2.00 e. The molecule has 2 heterocycles. The van der Waals surface area contributed by atoms with E-state index in [1.165, 1.54) is 4.90 Å². The largest absolute Gasteiger partial charge is 2.00 e. The van der Waals surface area contributed by atoms with Gasteiger partial charge in [-0.05, 0) is 31.4 Å². The topological polar surface area (TPSA) is 115 Å². The number of nitrogens with zero attached hydrogens (tertiary/aromatic N) is 4. The van der Waals surface area contributed by atoms with Crippen LogP contribution in [0.2, 0.25) is 0 Å². The normalized spacial score (nSPS) is 17.6. The van der Waals surface area contributed by atoms with Crippen LogP contribution in [0, 0.1) is 11.7 Å². The Kier molecular flexibility index (Phi) is 10.1. The monoisotopic (exact) mass is 460 g/mol. The Bertz CT molecular complexity index is 788. The SMILES string of the molecule is CCCC[C@H](CN(O)C=O)C(=O)N1CCC[C@H]1C(=O)N=c1ccc(F)cn1O.[Zn+2]. The molecule has 1 saturated heterocycles. The molecular formula is C18H25FN4O5Zn+2. The van der Waals surface area contributed by atoms with E-state index in [4.69, 9.17) is 0 Å². The third-order valence-electron chi connectivity index (χ3n) is 4.70. The van der Waals surface area contributed by atoms with Crippen LogP contribution in [-0.4, -0.2) is 62.5 Å². The van der Waals surface area contributed by atoms with Gasteiger partial charge < -0.3 is 10.1 Å². The Morgan fingerprint density at radius 2 is 2.17 bits per heavy atom. The van der Waals surface area contributed by atoms with E-state index in [-0.39, 0.29) is 43.8 Å². The summed E-state index contributed by atoms with van der Waals surface area (Å²) >= 11 is 0. The van der Waals surface area contributed by atoms with Gasteiger partial charge in [0, 0.05) is 6.54 Å². The van der Waals surface area contributed by atoms with E-state index in [9.17, 15) is 29.2 Å². The minimum absolute atomic E-state index is 0. The van der Waals surface area contributed by atoms with Crippen LogP contribution in [0.5, 0.6) is 0 Å². The molecule has 0 unspecified atom stereocenters. The van der Waals surface area contributed by atoms with E-state index in [1.807, 2.05) is 6.92 Å². The summed E-state index contributed by atoms with van der Waals surface area (Å²) in [5.41, 5.74) is -0.143. The van der Waals surface area contributed by atoms with Crippen LogP contribution in [0.25, 0.3) is 0 Å². The third kappa shape index (κ3) is 6.71. The fraction of sp³-hybridized carbons (Fsp3) is 0.556. The smallest absolute Gasteiger partial charge is 0.427 e. The van der Waals surface area contributed by atoms with Crippen molar-refractivity contribution in [1.29, 1.82) is 0 Å².